The van der Waals surface area contributed by atoms with Crippen molar-refractivity contribution in [2.45, 2.75) is 90.0 Å². The molecule has 5 nitrogen and oxygen atoms in total. The van der Waals surface area contributed by atoms with Crippen LogP contribution in [0.1, 0.15) is 59.3 Å². The van der Waals surface area contributed by atoms with Gasteiger partial charge in [0, 0.05) is 26.9 Å². The molecule has 3 unspecified atom stereocenters. The van der Waals surface area contributed by atoms with Crippen molar-refractivity contribution in [3.8, 4) is 0 Å². The smallest absolute Gasteiger partial charge is 0.186 e. The SMILES string of the molecule is CCCCOC1C(OCCCC)[C@@H](OCCCC)C(CF)O[C@@H]1OC. The van der Waals surface area contributed by atoms with E-state index in [1.807, 2.05) is 0 Å². The van der Waals surface area contributed by atoms with Gasteiger partial charge in [0.05, 0.1) is 0 Å². The first-order chi connectivity index (χ1) is 12.2. The maximum Gasteiger partial charge on any atom is 0.186 e. The van der Waals surface area contributed by atoms with E-state index in [4.69, 9.17) is 23.7 Å². The van der Waals surface area contributed by atoms with Gasteiger partial charge in [-0.05, 0) is 19.3 Å². The molecule has 1 saturated heterocycles. The second kappa shape index (κ2) is 13.9. The average Bonchev–Trinajstić information content (AvgIpc) is 2.63. The first kappa shape index (κ1) is 22.8. The molecule has 6 heteroatoms. The maximum atomic E-state index is 13.6. The number of hydrogen-bond acceptors (Lipinski definition) is 5. The minimum atomic E-state index is -0.695. The summed E-state index contributed by atoms with van der Waals surface area (Å²) in [4.78, 5) is 0. The molecule has 0 aromatic rings. The number of methoxy groups -OCH3 is 1. The molecule has 0 aliphatic carbocycles. The highest BCUT2D eigenvalue weighted by Crippen LogP contribution is 2.29. The largest absolute Gasteiger partial charge is 0.373 e. The zero-order valence-corrected chi connectivity index (χ0v) is 16.4. The Morgan fingerprint density at radius 3 is 1.68 bits per heavy atom. The van der Waals surface area contributed by atoms with Gasteiger partial charge in [-0.1, -0.05) is 40.0 Å². The predicted octanol–water partition coefficient (Wildman–Crippen LogP) is 3.88. The van der Waals surface area contributed by atoms with Crippen LogP contribution < -0.4 is 0 Å². The summed E-state index contributed by atoms with van der Waals surface area (Å²) in [5.74, 6) is 0. The summed E-state index contributed by atoms with van der Waals surface area (Å²) in [7, 11) is 1.55. The number of halogens is 1. The van der Waals surface area contributed by atoms with Crippen LogP contribution in [0.5, 0.6) is 0 Å². The van der Waals surface area contributed by atoms with Crippen molar-refractivity contribution in [1.82, 2.24) is 0 Å². The highest BCUT2D eigenvalue weighted by Gasteiger charge is 2.48. The van der Waals surface area contributed by atoms with Crippen LogP contribution in [0.2, 0.25) is 0 Å². The molecule has 5 atom stereocenters. The van der Waals surface area contributed by atoms with Crippen LogP contribution in [0, 0.1) is 0 Å². The molecule has 0 spiro atoms. The quantitative estimate of drug-likeness (QED) is 0.438. The van der Waals surface area contributed by atoms with Crippen LogP contribution in [-0.2, 0) is 23.7 Å². The molecule has 0 aromatic carbocycles. The second-order valence-electron chi connectivity index (χ2n) is 6.50. The van der Waals surface area contributed by atoms with Gasteiger partial charge in [0.25, 0.3) is 0 Å². The van der Waals surface area contributed by atoms with Crippen molar-refractivity contribution in [3.63, 3.8) is 0 Å². The average molecular weight is 364 g/mol. The summed E-state index contributed by atoms with van der Waals surface area (Å²) in [6, 6.07) is 0. The molecule has 1 heterocycles. The number of alkyl halides is 1. The molecule has 1 fully saturated rings. The van der Waals surface area contributed by atoms with Gasteiger partial charge in [0.2, 0.25) is 0 Å². The van der Waals surface area contributed by atoms with E-state index in [1.54, 1.807) is 7.11 Å². The van der Waals surface area contributed by atoms with Gasteiger partial charge < -0.3 is 23.7 Å². The Bertz CT molecular complexity index is 294. The first-order valence-corrected chi connectivity index (χ1v) is 9.82. The Hall–Kier alpha value is -0.270. The fraction of sp³-hybridized carbons (Fsp3) is 1.00. The number of rotatable bonds is 14. The Kier molecular flexibility index (Phi) is 12.6. The minimum Gasteiger partial charge on any atom is -0.373 e. The Balaban J connectivity index is 2.87. The summed E-state index contributed by atoms with van der Waals surface area (Å²) in [5.41, 5.74) is 0. The van der Waals surface area contributed by atoms with E-state index >= 15 is 0 Å². The van der Waals surface area contributed by atoms with Crippen molar-refractivity contribution in [3.05, 3.63) is 0 Å². The summed E-state index contributed by atoms with van der Waals surface area (Å²) < 4.78 is 42.9. The number of hydrogen-bond donors (Lipinski definition) is 0. The van der Waals surface area contributed by atoms with Gasteiger partial charge in [-0.25, -0.2) is 4.39 Å². The summed E-state index contributed by atoms with van der Waals surface area (Å²) in [6.45, 7) is 7.44. The summed E-state index contributed by atoms with van der Waals surface area (Å²) in [6.07, 6.45) is 3.28. The standard InChI is InChI=1S/C19H37FO5/c1-5-8-11-22-16-15(14-20)25-19(21-4)18(24-13-10-7-3)17(16)23-12-9-6-2/h15-19H,5-14H2,1-4H3/t15?,16-,17?,18?,19-/m0/s1. The normalized spacial score (nSPS) is 29.9. The summed E-state index contributed by atoms with van der Waals surface area (Å²) >= 11 is 0. The Labute approximate surface area is 152 Å². The van der Waals surface area contributed by atoms with Gasteiger partial charge in [0.1, 0.15) is 31.1 Å². The first-order valence-electron chi connectivity index (χ1n) is 9.82. The molecule has 1 rings (SSSR count). The zero-order chi connectivity index (χ0) is 18.5. The lowest BCUT2D eigenvalue weighted by Gasteiger charge is -2.45. The summed E-state index contributed by atoms with van der Waals surface area (Å²) in [5, 5.41) is 0. The molecule has 0 N–H and O–H groups in total. The van der Waals surface area contributed by atoms with E-state index < -0.39 is 31.3 Å². The van der Waals surface area contributed by atoms with Crippen molar-refractivity contribution < 1.29 is 28.1 Å². The molecule has 150 valence electrons. The topological polar surface area (TPSA) is 46.2 Å². The lowest BCUT2D eigenvalue weighted by Crippen LogP contribution is -2.61. The van der Waals surface area contributed by atoms with E-state index in [9.17, 15) is 4.39 Å². The van der Waals surface area contributed by atoms with Crippen LogP contribution in [0.3, 0.4) is 0 Å². The second-order valence-corrected chi connectivity index (χ2v) is 6.50. The van der Waals surface area contributed by atoms with Crippen LogP contribution in [0.15, 0.2) is 0 Å². The third-order valence-corrected chi connectivity index (χ3v) is 4.40. The van der Waals surface area contributed by atoms with Crippen LogP contribution in [0.25, 0.3) is 0 Å². The molecule has 1 aliphatic heterocycles. The van der Waals surface area contributed by atoms with E-state index in [1.165, 1.54) is 0 Å². The molecule has 0 saturated carbocycles. The van der Waals surface area contributed by atoms with E-state index in [-0.39, 0.29) is 6.10 Å². The van der Waals surface area contributed by atoms with Gasteiger partial charge in [-0.2, -0.15) is 0 Å². The van der Waals surface area contributed by atoms with Crippen LogP contribution >= 0.6 is 0 Å². The van der Waals surface area contributed by atoms with Gasteiger partial charge >= 0.3 is 0 Å². The third kappa shape index (κ3) is 7.47. The number of unbranched alkanes of at least 4 members (excludes halogenated alkanes) is 3. The van der Waals surface area contributed by atoms with Crippen LogP contribution in [-0.4, -0.2) is 64.3 Å². The zero-order valence-electron chi connectivity index (χ0n) is 16.4. The monoisotopic (exact) mass is 364 g/mol. The van der Waals surface area contributed by atoms with E-state index in [0.717, 1.165) is 38.5 Å². The van der Waals surface area contributed by atoms with Gasteiger partial charge in [-0.3, -0.25) is 0 Å². The highest BCUT2D eigenvalue weighted by atomic mass is 19.1. The number of ether oxygens (including phenoxy) is 5. The third-order valence-electron chi connectivity index (χ3n) is 4.40. The molecular weight excluding hydrogens is 327 g/mol. The van der Waals surface area contributed by atoms with Crippen molar-refractivity contribution in [2.24, 2.45) is 0 Å². The lowest BCUT2D eigenvalue weighted by atomic mass is 9.98. The van der Waals surface area contributed by atoms with Crippen LogP contribution in [0.4, 0.5) is 4.39 Å². The molecular formula is C19H37FO5. The lowest BCUT2D eigenvalue weighted by molar-refractivity contribution is -0.314. The molecule has 1 aliphatic rings. The maximum absolute atomic E-state index is 13.6. The fourth-order valence-corrected chi connectivity index (χ4v) is 2.85. The van der Waals surface area contributed by atoms with Gasteiger partial charge in [0.15, 0.2) is 6.29 Å². The highest BCUT2D eigenvalue weighted by molar-refractivity contribution is 4.92. The van der Waals surface area contributed by atoms with E-state index in [0.29, 0.717) is 19.8 Å². The van der Waals surface area contributed by atoms with Crippen molar-refractivity contribution in [1.29, 1.82) is 0 Å². The van der Waals surface area contributed by atoms with Crippen molar-refractivity contribution >= 4 is 0 Å². The Morgan fingerprint density at radius 1 is 0.760 bits per heavy atom. The van der Waals surface area contributed by atoms with Crippen molar-refractivity contribution in [2.75, 3.05) is 33.6 Å². The van der Waals surface area contributed by atoms with E-state index in [2.05, 4.69) is 20.8 Å². The molecule has 0 bridgehead atoms. The molecule has 0 amide bonds. The Morgan fingerprint density at radius 2 is 1.24 bits per heavy atom. The molecule has 25 heavy (non-hydrogen) atoms. The fourth-order valence-electron chi connectivity index (χ4n) is 2.85. The molecule has 0 aromatic heterocycles. The minimum absolute atomic E-state index is 0.389. The molecule has 0 radical (unpaired) electrons. The van der Waals surface area contributed by atoms with Gasteiger partial charge in [-0.15, -0.1) is 0 Å². The predicted molar refractivity (Wildman–Crippen MR) is 95.6 cm³/mol.